The van der Waals surface area contributed by atoms with Gasteiger partial charge in [0.2, 0.25) is 0 Å². The third-order valence-corrected chi connectivity index (χ3v) is 5.88. The first-order valence-electron chi connectivity index (χ1n) is 9.99. The first-order chi connectivity index (χ1) is 13.4. The van der Waals surface area contributed by atoms with Crippen molar-refractivity contribution in [3.63, 3.8) is 0 Å². The van der Waals surface area contributed by atoms with Crippen molar-refractivity contribution in [1.29, 1.82) is 0 Å². The van der Waals surface area contributed by atoms with Gasteiger partial charge in [-0.15, -0.1) is 0 Å². The van der Waals surface area contributed by atoms with E-state index in [2.05, 4.69) is 76.5 Å². The summed E-state index contributed by atoms with van der Waals surface area (Å²) in [5.41, 5.74) is 8.35. The largest absolute Gasteiger partial charge is 0.295 e. The lowest BCUT2D eigenvalue weighted by atomic mass is 9.92. The van der Waals surface area contributed by atoms with Crippen molar-refractivity contribution in [3.05, 3.63) is 89.3 Å². The van der Waals surface area contributed by atoms with Crippen molar-refractivity contribution in [3.8, 4) is 5.69 Å². The van der Waals surface area contributed by atoms with Crippen LogP contribution >= 0.6 is 0 Å². The van der Waals surface area contributed by atoms with Gasteiger partial charge in [-0.2, -0.15) is 5.10 Å². The fraction of sp³-hybridized carbons (Fsp3) is 0.292. The van der Waals surface area contributed by atoms with Gasteiger partial charge in [0, 0.05) is 25.2 Å². The number of para-hydroxylation sites is 1. The second-order valence-electron chi connectivity index (χ2n) is 7.59. The Kier molecular flexibility index (Phi) is 4.38. The van der Waals surface area contributed by atoms with Gasteiger partial charge in [-0.3, -0.25) is 4.90 Å². The predicted molar refractivity (Wildman–Crippen MR) is 110 cm³/mol. The minimum absolute atomic E-state index is 1.03. The maximum Gasteiger partial charge on any atom is 0.0649 e. The summed E-state index contributed by atoms with van der Waals surface area (Å²) in [6.07, 6.45) is 9.16. The number of benzene rings is 2. The Labute approximate surface area is 160 Å². The van der Waals surface area contributed by atoms with Gasteiger partial charge in [0.1, 0.15) is 0 Å². The molecule has 0 spiro atoms. The van der Waals surface area contributed by atoms with Crippen LogP contribution < -0.4 is 0 Å². The third kappa shape index (κ3) is 3.24. The number of rotatable bonds is 3. The second-order valence-corrected chi connectivity index (χ2v) is 7.59. The summed E-state index contributed by atoms with van der Waals surface area (Å²) < 4.78 is 2.12. The van der Waals surface area contributed by atoms with Crippen LogP contribution in [0, 0.1) is 0 Å². The van der Waals surface area contributed by atoms with Gasteiger partial charge in [-0.1, -0.05) is 48.5 Å². The molecule has 0 atom stereocenters. The fourth-order valence-electron chi connectivity index (χ4n) is 4.42. The van der Waals surface area contributed by atoms with Crippen LogP contribution in [0.2, 0.25) is 0 Å². The van der Waals surface area contributed by atoms with Gasteiger partial charge < -0.3 is 0 Å². The number of nitrogens with zero attached hydrogens (tertiary/aromatic N) is 3. The van der Waals surface area contributed by atoms with Crippen LogP contribution in [0.15, 0.2) is 66.9 Å². The van der Waals surface area contributed by atoms with Gasteiger partial charge in [-0.05, 0) is 54.5 Å². The zero-order chi connectivity index (χ0) is 18.1. The summed E-state index contributed by atoms with van der Waals surface area (Å²) in [6.45, 7) is 3.24. The van der Waals surface area contributed by atoms with E-state index in [9.17, 15) is 0 Å². The molecule has 0 N–H and O–H groups in total. The highest BCUT2D eigenvalue weighted by molar-refractivity contribution is 5.69. The number of fused-ring (bicyclic) bond motifs is 2. The quantitative estimate of drug-likeness (QED) is 0.682. The molecule has 0 fully saturated rings. The number of hydrogen-bond donors (Lipinski definition) is 0. The van der Waals surface area contributed by atoms with Gasteiger partial charge in [0.25, 0.3) is 0 Å². The maximum absolute atomic E-state index is 4.71. The van der Waals surface area contributed by atoms with Crippen LogP contribution in [0.3, 0.4) is 0 Å². The molecule has 2 heterocycles. The molecule has 0 bridgehead atoms. The Bertz CT molecular complexity index is 968. The lowest BCUT2D eigenvalue weighted by Gasteiger charge is -2.28. The SMILES string of the molecule is C(CN1CCc2ccccc2C1)=C1CCCc2c1cnn2-c1ccccc1. The summed E-state index contributed by atoms with van der Waals surface area (Å²) in [5, 5.41) is 4.71. The lowest BCUT2D eigenvalue weighted by molar-refractivity contribution is 0.282. The summed E-state index contributed by atoms with van der Waals surface area (Å²) in [6, 6.07) is 19.4. The molecule has 136 valence electrons. The zero-order valence-electron chi connectivity index (χ0n) is 15.6. The molecule has 2 aliphatic rings. The monoisotopic (exact) mass is 355 g/mol. The van der Waals surface area contributed by atoms with Crippen LogP contribution in [-0.2, 0) is 19.4 Å². The third-order valence-electron chi connectivity index (χ3n) is 5.88. The number of aromatic nitrogens is 2. The van der Waals surface area contributed by atoms with Crippen LogP contribution in [0.25, 0.3) is 11.3 Å². The molecule has 0 saturated heterocycles. The average molecular weight is 355 g/mol. The van der Waals surface area contributed by atoms with Crippen LogP contribution in [0.1, 0.15) is 35.2 Å². The molecule has 2 aromatic carbocycles. The van der Waals surface area contributed by atoms with E-state index in [1.54, 1.807) is 0 Å². The van der Waals surface area contributed by atoms with Crippen molar-refractivity contribution >= 4 is 5.57 Å². The highest BCUT2D eigenvalue weighted by Gasteiger charge is 2.21. The minimum Gasteiger partial charge on any atom is -0.295 e. The molecule has 0 amide bonds. The number of hydrogen-bond acceptors (Lipinski definition) is 2. The van der Waals surface area contributed by atoms with Crippen LogP contribution in [-0.4, -0.2) is 27.8 Å². The van der Waals surface area contributed by atoms with Gasteiger partial charge in [0.15, 0.2) is 0 Å². The maximum atomic E-state index is 4.71. The van der Waals surface area contributed by atoms with E-state index >= 15 is 0 Å². The molecular weight excluding hydrogens is 330 g/mol. The fourth-order valence-corrected chi connectivity index (χ4v) is 4.42. The lowest BCUT2D eigenvalue weighted by Crippen LogP contribution is -2.30. The second kappa shape index (κ2) is 7.16. The Hall–Kier alpha value is -2.65. The first-order valence-corrected chi connectivity index (χ1v) is 9.99. The van der Waals surface area contributed by atoms with Gasteiger partial charge >= 0.3 is 0 Å². The molecule has 3 nitrogen and oxygen atoms in total. The molecule has 1 aliphatic carbocycles. The van der Waals surface area contributed by atoms with E-state index in [1.807, 2.05) is 0 Å². The van der Waals surface area contributed by atoms with E-state index in [1.165, 1.54) is 34.4 Å². The molecule has 3 heteroatoms. The standard InChI is InChI=1S/C24H25N3/c1-2-10-22(11-3-1)27-24-12-6-9-20(23(24)17-25-27)14-16-26-15-13-19-7-4-5-8-21(19)18-26/h1-5,7-8,10-11,14,17H,6,9,12-13,15-16,18H2. The van der Waals surface area contributed by atoms with E-state index in [4.69, 9.17) is 5.10 Å². The Morgan fingerprint density at radius 3 is 2.59 bits per heavy atom. The van der Waals surface area contributed by atoms with Crippen LogP contribution in [0.5, 0.6) is 0 Å². The van der Waals surface area contributed by atoms with Gasteiger partial charge in [0.05, 0.1) is 17.6 Å². The molecular formula is C24H25N3. The molecule has 0 radical (unpaired) electrons. The van der Waals surface area contributed by atoms with E-state index in [0.29, 0.717) is 0 Å². The molecule has 5 rings (SSSR count). The Morgan fingerprint density at radius 1 is 0.889 bits per heavy atom. The normalized spacial score (nSPS) is 18.3. The average Bonchev–Trinajstić information content (AvgIpc) is 3.17. The smallest absolute Gasteiger partial charge is 0.0649 e. The molecule has 0 saturated carbocycles. The summed E-state index contributed by atoms with van der Waals surface area (Å²) >= 11 is 0. The highest BCUT2D eigenvalue weighted by Crippen LogP contribution is 2.32. The van der Waals surface area contributed by atoms with Crippen molar-refractivity contribution in [2.45, 2.75) is 32.2 Å². The Morgan fingerprint density at radius 2 is 1.70 bits per heavy atom. The molecule has 27 heavy (non-hydrogen) atoms. The summed E-state index contributed by atoms with van der Waals surface area (Å²) in [4.78, 5) is 2.56. The molecule has 1 aromatic heterocycles. The van der Waals surface area contributed by atoms with Crippen molar-refractivity contribution in [2.24, 2.45) is 0 Å². The zero-order valence-corrected chi connectivity index (χ0v) is 15.6. The minimum atomic E-state index is 1.03. The van der Waals surface area contributed by atoms with E-state index < -0.39 is 0 Å². The van der Waals surface area contributed by atoms with E-state index in [-0.39, 0.29) is 0 Å². The predicted octanol–water partition coefficient (Wildman–Crippen LogP) is 4.65. The van der Waals surface area contributed by atoms with Crippen molar-refractivity contribution < 1.29 is 0 Å². The molecule has 3 aromatic rings. The molecule has 0 unspecified atom stereocenters. The highest BCUT2D eigenvalue weighted by atomic mass is 15.3. The number of allylic oxidation sites excluding steroid dienone is 1. The Balaban J connectivity index is 1.36. The van der Waals surface area contributed by atoms with Crippen molar-refractivity contribution in [2.75, 3.05) is 13.1 Å². The first kappa shape index (κ1) is 16.5. The van der Waals surface area contributed by atoms with Gasteiger partial charge in [-0.25, -0.2) is 4.68 Å². The molecule has 1 aliphatic heterocycles. The topological polar surface area (TPSA) is 21.1 Å². The van der Waals surface area contributed by atoms with Crippen molar-refractivity contribution in [1.82, 2.24) is 14.7 Å². The van der Waals surface area contributed by atoms with Crippen LogP contribution in [0.4, 0.5) is 0 Å². The summed E-state index contributed by atoms with van der Waals surface area (Å²) in [5.74, 6) is 0. The summed E-state index contributed by atoms with van der Waals surface area (Å²) in [7, 11) is 0. The van der Waals surface area contributed by atoms with E-state index in [0.717, 1.165) is 44.6 Å².